The summed E-state index contributed by atoms with van der Waals surface area (Å²) in [6, 6.07) is 11.5. The van der Waals surface area contributed by atoms with Crippen molar-refractivity contribution in [3.8, 4) is 17.6 Å². The average molecular weight is 431 g/mol. The number of ketones is 1. The second kappa shape index (κ2) is 9.15. The highest BCUT2D eigenvalue weighted by Gasteiger charge is 2.41. The number of Topliss-reactive ketones (excluding diaryl/α,β-unsaturated/α-hetero) is 1. The molecule has 2 N–H and O–H groups in total. The molecule has 1 atom stereocenters. The number of pyridine rings is 1. The summed E-state index contributed by atoms with van der Waals surface area (Å²) < 4.78 is 11.6. The first kappa shape index (κ1) is 21.4. The van der Waals surface area contributed by atoms with E-state index in [1.807, 2.05) is 44.2 Å². The number of allylic oxidation sites excluding steroid dienone is 3. The van der Waals surface area contributed by atoms with Crippen molar-refractivity contribution in [1.82, 2.24) is 4.98 Å². The van der Waals surface area contributed by atoms with Crippen LogP contribution in [0.3, 0.4) is 0 Å². The molecule has 1 aliphatic carbocycles. The number of aromatic nitrogens is 1. The summed E-state index contributed by atoms with van der Waals surface area (Å²) in [5, 5.41) is 10.2. The smallest absolute Gasteiger partial charge is 0.161 e. The van der Waals surface area contributed by atoms with Crippen molar-refractivity contribution in [1.29, 1.82) is 5.26 Å². The number of nitriles is 1. The monoisotopic (exact) mass is 430 g/mol. The van der Waals surface area contributed by atoms with E-state index in [4.69, 9.17) is 15.2 Å². The van der Waals surface area contributed by atoms with Gasteiger partial charge in [-0.1, -0.05) is 0 Å². The Bertz CT molecular complexity index is 1130. The van der Waals surface area contributed by atoms with E-state index in [0.29, 0.717) is 60.1 Å². The normalized spacial score (nSPS) is 18.3. The SMILES string of the molecule is CCOc1ccc(OCC)c(C2C(C#N)=C(N)N(c3cccnc3)C3=C2C(=O)CCC3)c1. The van der Waals surface area contributed by atoms with Crippen LogP contribution < -0.4 is 20.1 Å². The van der Waals surface area contributed by atoms with Gasteiger partial charge in [0.2, 0.25) is 0 Å². The molecule has 2 heterocycles. The van der Waals surface area contributed by atoms with Crippen LogP contribution in [0.25, 0.3) is 0 Å². The van der Waals surface area contributed by atoms with E-state index in [-0.39, 0.29) is 5.78 Å². The van der Waals surface area contributed by atoms with Gasteiger partial charge in [-0.25, -0.2) is 0 Å². The topological polar surface area (TPSA) is 101 Å². The Balaban J connectivity index is 1.98. The number of nitrogens with two attached hydrogens (primary N) is 1. The van der Waals surface area contributed by atoms with Crippen LogP contribution >= 0.6 is 0 Å². The first-order chi connectivity index (χ1) is 15.6. The lowest BCUT2D eigenvalue weighted by Crippen LogP contribution is -2.38. The van der Waals surface area contributed by atoms with Crippen LogP contribution in [0.2, 0.25) is 0 Å². The van der Waals surface area contributed by atoms with Gasteiger partial charge in [0.05, 0.1) is 42.7 Å². The van der Waals surface area contributed by atoms with E-state index in [0.717, 1.165) is 17.8 Å². The Morgan fingerprint density at radius 3 is 2.72 bits per heavy atom. The van der Waals surface area contributed by atoms with Crippen LogP contribution in [0.1, 0.15) is 44.6 Å². The van der Waals surface area contributed by atoms with Crippen LogP contribution in [-0.4, -0.2) is 24.0 Å². The number of rotatable bonds is 6. The van der Waals surface area contributed by atoms with Crippen LogP contribution in [-0.2, 0) is 4.79 Å². The van der Waals surface area contributed by atoms with E-state index in [2.05, 4.69) is 11.1 Å². The molecule has 7 heteroatoms. The lowest BCUT2D eigenvalue weighted by molar-refractivity contribution is -0.116. The summed E-state index contributed by atoms with van der Waals surface area (Å²) in [5.41, 5.74) is 9.78. The number of ether oxygens (including phenoxy) is 2. The minimum absolute atomic E-state index is 0.0228. The minimum Gasteiger partial charge on any atom is -0.494 e. The maximum atomic E-state index is 13.3. The van der Waals surface area contributed by atoms with E-state index >= 15 is 0 Å². The Morgan fingerprint density at radius 1 is 1.22 bits per heavy atom. The van der Waals surface area contributed by atoms with Gasteiger partial charge in [0.25, 0.3) is 0 Å². The Kier molecular flexibility index (Phi) is 6.13. The predicted molar refractivity (Wildman–Crippen MR) is 121 cm³/mol. The molecule has 4 rings (SSSR count). The van der Waals surface area contributed by atoms with Gasteiger partial charge in [0.1, 0.15) is 17.3 Å². The lowest BCUT2D eigenvalue weighted by atomic mass is 9.75. The zero-order valence-corrected chi connectivity index (χ0v) is 18.3. The van der Waals surface area contributed by atoms with Gasteiger partial charge in [-0.05, 0) is 57.0 Å². The van der Waals surface area contributed by atoms with Crippen molar-refractivity contribution in [2.24, 2.45) is 5.73 Å². The van der Waals surface area contributed by atoms with Crippen LogP contribution in [0.5, 0.6) is 11.5 Å². The molecule has 2 aliphatic rings. The highest BCUT2D eigenvalue weighted by molar-refractivity contribution is 6.01. The lowest BCUT2D eigenvalue weighted by Gasteiger charge is -2.39. The molecule has 0 radical (unpaired) electrons. The molecule has 0 amide bonds. The second-order valence-electron chi connectivity index (χ2n) is 7.59. The van der Waals surface area contributed by atoms with Crippen molar-refractivity contribution >= 4 is 11.5 Å². The van der Waals surface area contributed by atoms with Crippen molar-refractivity contribution in [2.75, 3.05) is 18.1 Å². The van der Waals surface area contributed by atoms with Gasteiger partial charge in [-0.2, -0.15) is 5.26 Å². The van der Waals surface area contributed by atoms with Crippen molar-refractivity contribution in [3.63, 3.8) is 0 Å². The zero-order valence-electron chi connectivity index (χ0n) is 18.3. The van der Waals surface area contributed by atoms with Gasteiger partial charge < -0.3 is 15.2 Å². The molecule has 0 spiro atoms. The Morgan fingerprint density at radius 2 is 2.03 bits per heavy atom. The van der Waals surface area contributed by atoms with Crippen molar-refractivity contribution in [2.45, 2.75) is 39.0 Å². The fourth-order valence-corrected chi connectivity index (χ4v) is 4.47. The minimum atomic E-state index is -0.613. The number of carbonyl (C=O) groups is 1. The largest absolute Gasteiger partial charge is 0.494 e. The average Bonchev–Trinajstić information content (AvgIpc) is 2.80. The summed E-state index contributed by atoms with van der Waals surface area (Å²) in [4.78, 5) is 19.3. The van der Waals surface area contributed by atoms with Gasteiger partial charge in [-0.3, -0.25) is 14.7 Å². The number of nitrogens with zero attached hydrogens (tertiary/aromatic N) is 3. The molecule has 32 heavy (non-hydrogen) atoms. The number of benzene rings is 1. The third kappa shape index (κ3) is 3.69. The molecule has 1 aliphatic heterocycles. The van der Waals surface area contributed by atoms with Crippen molar-refractivity contribution in [3.05, 3.63) is 71.0 Å². The van der Waals surface area contributed by atoms with Gasteiger partial charge >= 0.3 is 0 Å². The maximum Gasteiger partial charge on any atom is 0.161 e. The summed E-state index contributed by atoms with van der Waals surface area (Å²) >= 11 is 0. The third-order valence-corrected chi connectivity index (χ3v) is 5.72. The number of anilines is 1. The first-order valence-electron chi connectivity index (χ1n) is 10.9. The summed E-state index contributed by atoms with van der Waals surface area (Å²) in [6.45, 7) is 4.77. The van der Waals surface area contributed by atoms with Gasteiger partial charge in [0.15, 0.2) is 5.78 Å². The summed E-state index contributed by atoms with van der Waals surface area (Å²) in [7, 11) is 0. The van der Waals surface area contributed by atoms with Gasteiger partial charge in [0, 0.05) is 29.5 Å². The van der Waals surface area contributed by atoms with E-state index < -0.39 is 5.92 Å². The molecule has 1 unspecified atom stereocenters. The Labute approximate surface area is 187 Å². The highest BCUT2D eigenvalue weighted by Crippen LogP contribution is 2.48. The van der Waals surface area contributed by atoms with Crippen LogP contribution in [0.4, 0.5) is 5.69 Å². The standard InChI is InChI=1S/C25H26N4O3/c1-3-31-17-10-11-22(32-4-2)18(13-17)23-19(14-26)25(27)29(16-7-6-12-28-15-16)20-8-5-9-21(30)24(20)23/h6-7,10-13,15,23H,3-5,8-9,27H2,1-2H3. The second-order valence-corrected chi connectivity index (χ2v) is 7.59. The van der Waals surface area contributed by atoms with E-state index in [1.54, 1.807) is 17.3 Å². The molecule has 164 valence electrons. The zero-order chi connectivity index (χ0) is 22.7. The Hall–Kier alpha value is -3.79. The fourth-order valence-electron chi connectivity index (χ4n) is 4.47. The first-order valence-corrected chi connectivity index (χ1v) is 10.9. The molecule has 0 saturated heterocycles. The number of hydrogen-bond donors (Lipinski definition) is 1. The number of carbonyl (C=O) groups excluding carboxylic acids is 1. The molecule has 1 aromatic carbocycles. The third-order valence-electron chi connectivity index (χ3n) is 5.72. The molecule has 0 saturated carbocycles. The number of hydrogen-bond acceptors (Lipinski definition) is 7. The van der Waals surface area contributed by atoms with E-state index in [1.165, 1.54) is 0 Å². The van der Waals surface area contributed by atoms with Crippen LogP contribution in [0.15, 0.2) is 65.4 Å². The summed E-state index contributed by atoms with van der Waals surface area (Å²) in [5.74, 6) is 0.985. The molecular weight excluding hydrogens is 404 g/mol. The molecule has 0 bridgehead atoms. The summed E-state index contributed by atoms with van der Waals surface area (Å²) in [6.07, 6.45) is 5.21. The quantitative estimate of drug-likeness (QED) is 0.733. The molecule has 7 nitrogen and oxygen atoms in total. The molecular formula is C25H26N4O3. The van der Waals surface area contributed by atoms with Gasteiger partial charge in [-0.15, -0.1) is 0 Å². The molecule has 0 fully saturated rings. The van der Waals surface area contributed by atoms with Crippen molar-refractivity contribution < 1.29 is 14.3 Å². The van der Waals surface area contributed by atoms with Crippen LogP contribution in [0, 0.1) is 11.3 Å². The fraction of sp³-hybridized carbons (Fsp3) is 0.320. The molecule has 2 aromatic rings. The predicted octanol–water partition coefficient (Wildman–Crippen LogP) is 4.18. The molecule has 1 aromatic heterocycles. The highest BCUT2D eigenvalue weighted by atomic mass is 16.5. The maximum absolute atomic E-state index is 13.3. The van der Waals surface area contributed by atoms with E-state index in [9.17, 15) is 10.1 Å².